The summed E-state index contributed by atoms with van der Waals surface area (Å²) < 4.78 is 6.09. The first-order chi connectivity index (χ1) is 12.1. The van der Waals surface area contributed by atoms with Crippen LogP contribution in [0.5, 0.6) is 0 Å². The van der Waals surface area contributed by atoms with Crippen LogP contribution in [0.2, 0.25) is 0 Å². The van der Waals surface area contributed by atoms with Crippen LogP contribution in [0, 0.1) is 0 Å². The number of nitrogens with one attached hydrogen (secondary N) is 1. The fourth-order valence-electron chi connectivity index (χ4n) is 3.89. The van der Waals surface area contributed by atoms with Crippen molar-refractivity contribution in [1.29, 1.82) is 0 Å². The molecule has 25 heavy (non-hydrogen) atoms. The molecule has 5 heteroatoms. The van der Waals surface area contributed by atoms with Crippen molar-refractivity contribution >= 4 is 17.5 Å². The van der Waals surface area contributed by atoms with E-state index in [0.29, 0.717) is 19.5 Å². The topological polar surface area (TPSA) is 58.6 Å². The molecule has 0 bridgehead atoms. The zero-order chi connectivity index (χ0) is 17.8. The van der Waals surface area contributed by atoms with Crippen molar-refractivity contribution in [3.05, 3.63) is 29.3 Å². The molecule has 1 fully saturated rings. The maximum atomic E-state index is 12.9. The molecule has 3 rings (SSSR count). The third-order valence-corrected chi connectivity index (χ3v) is 5.19. The summed E-state index contributed by atoms with van der Waals surface area (Å²) >= 11 is 0. The quantitative estimate of drug-likeness (QED) is 0.892. The highest BCUT2D eigenvalue weighted by Crippen LogP contribution is 2.28. The average molecular weight is 344 g/mol. The summed E-state index contributed by atoms with van der Waals surface area (Å²) in [5.74, 6) is 0.0351. The van der Waals surface area contributed by atoms with Crippen molar-refractivity contribution in [2.75, 3.05) is 11.9 Å². The zero-order valence-corrected chi connectivity index (χ0v) is 15.2. The molecule has 0 spiro atoms. The fourth-order valence-corrected chi connectivity index (χ4v) is 3.89. The number of hydrogen-bond acceptors (Lipinski definition) is 3. The molecule has 0 aromatic heterocycles. The van der Waals surface area contributed by atoms with Gasteiger partial charge in [0.25, 0.3) is 5.91 Å². The van der Waals surface area contributed by atoms with Gasteiger partial charge in [-0.05, 0) is 42.9 Å². The van der Waals surface area contributed by atoms with Crippen LogP contribution in [-0.2, 0) is 27.3 Å². The first-order valence-electron chi connectivity index (χ1n) is 9.41. The van der Waals surface area contributed by atoms with Gasteiger partial charge in [0.2, 0.25) is 5.91 Å². The van der Waals surface area contributed by atoms with E-state index in [1.807, 2.05) is 30.0 Å². The minimum atomic E-state index is -0.330. The van der Waals surface area contributed by atoms with Gasteiger partial charge in [0, 0.05) is 25.7 Å². The Morgan fingerprint density at radius 1 is 1.32 bits per heavy atom. The van der Waals surface area contributed by atoms with Gasteiger partial charge in [0.1, 0.15) is 6.10 Å². The second-order valence-electron chi connectivity index (χ2n) is 7.07. The van der Waals surface area contributed by atoms with Gasteiger partial charge < -0.3 is 15.0 Å². The van der Waals surface area contributed by atoms with Crippen LogP contribution >= 0.6 is 0 Å². The molecular weight excluding hydrogens is 316 g/mol. The Balaban J connectivity index is 1.68. The van der Waals surface area contributed by atoms with Crippen LogP contribution in [0.3, 0.4) is 0 Å². The third kappa shape index (κ3) is 4.21. The lowest BCUT2D eigenvalue weighted by Gasteiger charge is -2.33. The summed E-state index contributed by atoms with van der Waals surface area (Å²) in [5, 5.41) is 2.89. The van der Waals surface area contributed by atoms with Crippen LogP contribution in [0.1, 0.15) is 57.1 Å². The first kappa shape index (κ1) is 17.9. The summed E-state index contributed by atoms with van der Waals surface area (Å²) in [6.45, 7) is 4.80. The molecule has 0 unspecified atom stereocenters. The van der Waals surface area contributed by atoms with Gasteiger partial charge in [-0.1, -0.05) is 31.9 Å². The van der Waals surface area contributed by atoms with E-state index in [2.05, 4.69) is 5.32 Å². The Hall–Kier alpha value is -1.88. The highest BCUT2D eigenvalue weighted by Gasteiger charge is 2.30. The Kier molecular flexibility index (Phi) is 5.74. The lowest BCUT2D eigenvalue weighted by Crippen LogP contribution is -2.44. The van der Waals surface area contributed by atoms with E-state index in [1.54, 1.807) is 0 Å². The van der Waals surface area contributed by atoms with E-state index in [4.69, 9.17) is 4.74 Å². The number of anilines is 1. The molecule has 2 amide bonds. The molecule has 1 aromatic carbocycles. The minimum absolute atomic E-state index is 0.0667. The Morgan fingerprint density at radius 3 is 2.76 bits per heavy atom. The second kappa shape index (κ2) is 8.00. The smallest absolute Gasteiger partial charge is 0.252 e. The van der Waals surface area contributed by atoms with Gasteiger partial charge in [-0.2, -0.15) is 0 Å². The molecule has 2 aliphatic rings. The van der Waals surface area contributed by atoms with Gasteiger partial charge in [-0.25, -0.2) is 0 Å². The van der Waals surface area contributed by atoms with Crippen molar-refractivity contribution in [2.45, 2.75) is 71.1 Å². The number of fused-ring (bicyclic) bond motifs is 1. The number of rotatable bonds is 5. The van der Waals surface area contributed by atoms with Crippen LogP contribution in [0.15, 0.2) is 18.2 Å². The summed E-state index contributed by atoms with van der Waals surface area (Å²) in [6.07, 6.45) is 5.96. The van der Waals surface area contributed by atoms with Gasteiger partial charge in [0.15, 0.2) is 0 Å². The maximum absolute atomic E-state index is 12.9. The summed E-state index contributed by atoms with van der Waals surface area (Å²) in [7, 11) is 0. The number of hydrogen-bond donors (Lipinski definition) is 1. The van der Waals surface area contributed by atoms with Gasteiger partial charge in [0.05, 0.1) is 6.10 Å². The number of nitrogens with zero attached hydrogens (tertiary/aromatic N) is 1. The number of ether oxygens (including phenoxy) is 1. The summed E-state index contributed by atoms with van der Waals surface area (Å²) in [5.41, 5.74) is 3.12. The largest absolute Gasteiger partial charge is 0.365 e. The molecule has 5 nitrogen and oxygen atoms in total. The van der Waals surface area contributed by atoms with E-state index in [-0.39, 0.29) is 24.0 Å². The molecule has 1 heterocycles. The highest BCUT2D eigenvalue weighted by atomic mass is 16.5. The van der Waals surface area contributed by atoms with E-state index < -0.39 is 0 Å². The predicted molar refractivity (Wildman–Crippen MR) is 97.3 cm³/mol. The molecule has 1 saturated carbocycles. The van der Waals surface area contributed by atoms with Crippen LogP contribution in [0.4, 0.5) is 5.69 Å². The van der Waals surface area contributed by atoms with Crippen LogP contribution in [0.25, 0.3) is 0 Å². The number of benzene rings is 1. The summed E-state index contributed by atoms with van der Waals surface area (Å²) in [4.78, 5) is 26.2. The molecule has 1 atom stereocenters. The van der Waals surface area contributed by atoms with Crippen LogP contribution in [-0.4, -0.2) is 35.5 Å². The number of carbonyl (C=O) groups excluding carboxylic acids is 2. The normalized spacial score (nSPS) is 18.7. The molecule has 0 radical (unpaired) electrons. The lowest BCUT2D eigenvalue weighted by molar-refractivity contribution is -0.148. The minimum Gasteiger partial charge on any atom is -0.365 e. The Morgan fingerprint density at radius 2 is 2.08 bits per heavy atom. The SMILES string of the molecule is CC[C@H](OC1CCCC1)C(=O)N1CCc2c(cccc2NC(C)=O)C1. The van der Waals surface area contributed by atoms with Gasteiger partial charge in [-0.15, -0.1) is 0 Å². The lowest BCUT2D eigenvalue weighted by atomic mass is 9.97. The Labute approximate surface area is 149 Å². The van der Waals surface area contributed by atoms with E-state index in [0.717, 1.165) is 36.1 Å². The highest BCUT2D eigenvalue weighted by molar-refractivity contribution is 5.90. The second-order valence-corrected chi connectivity index (χ2v) is 7.07. The first-order valence-corrected chi connectivity index (χ1v) is 9.41. The standard InChI is InChI=1S/C20H28N2O3/c1-3-19(25-16-8-4-5-9-16)20(24)22-12-11-17-15(13-22)7-6-10-18(17)21-14(2)23/h6-7,10,16,19H,3-5,8-9,11-13H2,1-2H3,(H,21,23)/t19-/m0/s1. The predicted octanol–water partition coefficient (Wildman–Crippen LogP) is 3.27. The van der Waals surface area contributed by atoms with E-state index in [9.17, 15) is 9.59 Å². The Bertz CT molecular complexity index is 638. The number of amides is 2. The molecule has 1 aromatic rings. The van der Waals surface area contributed by atoms with Crippen molar-refractivity contribution < 1.29 is 14.3 Å². The van der Waals surface area contributed by atoms with Gasteiger partial charge in [-0.3, -0.25) is 9.59 Å². The molecule has 1 aliphatic carbocycles. The van der Waals surface area contributed by atoms with Crippen LogP contribution < -0.4 is 5.32 Å². The molecular formula is C20H28N2O3. The molecule has 0 saturated heterocycles. The fraction of sp³-hybridized carbons (Fsp3) is 0.600. The van der Waals surface area contributed by atoms with E-state index >= 15 is 0 Å². The van der Waals surface area contributed by atoms with E-state index in [1.165, 1.54) is 19.8 Å². The molecule has 136 valence electrons. The van der Waals surface area contributed by atoms with Gasteiger partial charge >= 0.3 is 0 Å². The average Bonchev–Trinajstić information content (AvgIpc) is 3.11. The molecule has 1 aliphatic heterocycles. The van der Waals surface area contributed by atoms with Crippen molar-refractivity contribution in [2.24, 2.45) is 0 Å². The molecule has 1 N–H and O–H groups in total. The maximum Gasteiger partial charge on any atom is 0.252 e. The monoisotopic (exact) mass is 344 g/mol. The van der Waals surface area contributed by atoms with Crippen molar-refractivity contribution in [3.8, 4) is 0 Å². The summed E-state index contributed by atoms with van der Waals surface area (Å²) in [6, 6.07) is 5.90. The van der Waals surface area contributed by atoms with Crippen molar-refractivity contribution in [1.82, 2.24) is 4.90 Å². The van der Waals surface area contributed by atoms with Crippen molar-refractivity contribution in [3.63, 3.8) is 0 Å². The third-order valence-electron chi connectivity index (χ3n) is 5.19. The zero-order valence-electron chi connectivity index (χ0n) is 15.2. The number of carbonyl (C=O) groups is 2.